The second kappa shape index (κ2) is 7.07. The molecule has 2 atom stereocenters. The van der Waals surface area contributed by atoms with Crippen molar-refractivity contribution in [2.75, 3.05) is 19.7 Å². The number of ether oxygens (including phenoxy) is 1. The quantitative estimate of drug-likeness (QED) is 0.289. The first-order valence-corrected chi connectivity index (χ1v) is 7.28. The summed E-state index contributed by atoms with van der Waals surface area (Å²) in [6.45, 7) is 3.43. The van der Waals surface area contributed by atoms with Crippen molar-refractivity contribution in [3.05, 3.63) is 0 Å². The Morgan fingerprint density at radius 1 is 1.37 bits per heavy atom. The van der Waals surface area contributed by atoms with Crippen LogP contribution in [-0.4, -0.2) is 53.9 Å². The first-order chi connectivity index (χ1) is 9.22. The minimum atomic E-state index is -0.159. The molecule has 1 saturated carbocycles. The zero-order valence-corrected chi connectivity index (χ0v) is 11.7. The molecule has 1 heterocycles. The van der Waals surface area contributed by atoms with Gasteiger partial charge in [0.25, 0.3) is 0 Å². The topological polar surface area (TPSA) is 83.1 Å². The minimum Gasteiger partial charge on any atom is -0.394 e. The van der Waals surface area contributed by atoms with Crippen LogP contribution in [0, 0.1) is 0 Å². The zero-order chi connectivity index (χ0) is 13.7. The number of hydrazine groups is 1. The smallest absolute Gasteiger partial charge is 0.208 e. The largest absolute Gasteiger partial charge is 0.394 e. The highest BCUT2D eigenvalue weighted by atomic mass is 16.5. The van der Waals surface area contributed by atoms with E-state index in [1.165, 1.54) is 19.3 Å². The molecular weight excluding hydrogens is 244 g/mol. The van der Waals surface area contributed by atoms with Crippen molar-refractivity contribution in [3.8, 4) is 0 Å². The van der Waals surface area contributed by atoms with Crippen LogP contribution in [0.5, 0.6) is 0 Å². The van der Waals surface area contributed by atoms with Crippen molar-refractivity contribution in [2.24, 2.45) is 10.8 Å². The molecule has 4 N–H and O–H groups in total. The SMILES string of the molecule is CC1CN(C(=NC2CCCCC2)NN)CC(CO)O1. The molecule has 0 aromatic rings. The summed E-state index contributed by atoms with van der Waals surface area (Å²) in [6.07, 6.45) is 6.04. The molecule has 0 spiro atoms. The van der Waals surface area contributed by atoms with Crippen LogP contribution >= 0.6 is 0 Å². The Hall–Kier alpha value is -0.850. The summed E-state index contributed by atoms with van der Waals surface area (Å²) in [4.78, 5) is 6.84. The van der Waals surface area contributed by atoms with E-state index >= 15 is 0 Å². The fraction of sp³-hybridized carbons (Fsp3) is 0.923. The number of aliphatic hydroxyl groups is 1. The molecule has 1 saturated heterocycles. The summed E-state index contributed by atoms with van der Waals surface area (Å²) in [7, 11) is 0. The summed E-state index contributed by atoms with van der Waals surface area (Å²) in [6, 6.07) is 0.380. The van der Waals surface area contributed by atoms with Crippen LogP contribution in [0.15, 0.2) is 4.99 Å². The van der Waals surface area contributed by atoms with Crippen LogP contribution in [-0.2, 0) is 4.74 Å². The summed E-state index contributed by atoms with van der Waals surface area (Å²) < 4.78 is 5.64. The Bertz CT molecular complexity index is 305. The number of morpholine rings is 1. The van der Waals surface area contributed by atoms with Gasteiger partial charge < -0.3 is 14.7 Å². The second-order valence-electron chi connectivity index (χ2n) is 5.55. The van der Waals surface area contributed by atoms with Crippen LogP contribution in [0.4, 0.5) is 0 Å². The van der Waals surface area contributed by atoms with E-state index in [-0.39, 0.29) is 18.8 Å². The summed E-state index contributed by atoms with van der Waals surface area (Å²) in [5, 5.41) is 9.26. The number of aliphatic hydroxyl groups excluding tert-OH is 1. The van der Waals surface area contributed by atoms with Crippen molar-refractivity contribution >= 4 is 5.96 Å². The van der Waals surface area contributed by atoms with E-state index in [1.807, 2.05) is 6.92 Å². The Kier molecular flexibility index (Phi) is 5.42. The van der Waals surface area contributed by atoms with Gasteiger partial charge in [-0.3, -0.25) is 5.43 Å². The van der Waals surface area contributed by atoms with Crippen LogP contribution in [0.2, 0.25) is 0 Å². The number of nitrogens with two attached hydrogens (primary N) is 1. The van der Waals surface area contributed by atoms with Gasteiger partial charge in [0, 0.05) is 13.1 Å². The number of hydrogen-bond donors (Lipinski definition) is 3. The molecule has 19 heavy (non-hydrogen) atoms. The Morgan fingerprint density at radius 2 is 2.11 bits per heavy atom. The molecule has 0 radical (unpaired) electrons. The Labute approximate surface area is 115 Å². The molecule has 0 aromatic heterocycles. The van der Waals surface area contributed by atoms with E-state index < -0.39 is 0 Å². The highest BCUT2D eigenvalue weighted by Crippen LogP contribution is 2.21. The molecular formula is C13H26N4O2. The van der Waals surface area contributed by atoms with Gasteiger partial charge in [-0.05, 0) is 19.8 Å². The van der Waals surface area contributed by atoms with Crippen LogP contribution in [0.3, 0.4) is 0 Å². The average Bonchev–Trinajstić information content (AvgIpc) is 2.45. The maximum absolute atomic E-state index is 9.26. The van der Waals surface area contributed by atoms with E-state index in [0.29, 0.717) is 12.6 Å². The molecule has 2 fully saturated rings. The zero-order valence-electron chi connectivity index (χ0n) is 11.7. The van der Waals surface area contributed by atoms with Crippen molar-refractivity contribution in [2.45, 2.75) is 57.3 Å². The van der Waals surface area contributed by atoms with Gasteiger partial charge >= 0.3 is 0 Å². The van der Waals surface area contributed by atoms with Gasteiger partial charge in [-0.25, -0.2) is 10.8 Å². The fourth-order valence-electron chi connectivity index (χ4n) is 2.91. The number of rotatable bonds is 2. The molecule has 1 aliphatic carbocycles. The molecule has 0 aromatic carbocycles. The first-order valence-electron chi connectivity index (χ1n) is 7.28. The van der Waals surface area contributed by atoms with E-state index in [0.717, 1.165) is 25.3 Å². The highest BCUT2D eigenvalue weighted by Gasteiger charge is 2.27. The average molecular weight is 270 g/mol. The van der Waals surface area contributed by atoms with Gasteiger partial charge in [0.15, 0.2) is 0 Å². The number of nitrogens with zero attached hydrogens (tertiary/aromatic N) is 2. The van der Waals surface area contributed by atoms with E-state index in [1.54, 1.807) is 0 Å². The molecule has 6 heteroatoms. The minimum absolute atomic E-state index is 0.0299. The number of guanidine groups is 1. The first kappa shape index (κ1) is 14.6. The highest BCUT2D eigenvalue weighted by molar-refractivity contribution is 5.79. The molecule has 2 aliphatic rings. The molecule has 110 valence electrons. The second-order valence-corrected chi connectivity index (χ2v) is 5.55. The molecule has 1 aliphatic heterocycles. The lowest BCUT2D eigenvalue weighted by atomic mass is 9.96. The predicted octanol–water partition coefficient (Wildman–Crippen LogP) is 0.220. The molecule has 0 amide bonds. The molecule has 2 unspecified atom stereocenters. The van der Waals surface area contributed by atoms with Crippen LogP contribution < -0.4 is 11.3 Å². The third-order valence-electron chi connectivity index (χ3n) is 3.84. The summed E-state index contributed by atoms with van der Waals surface area (Å²) in [5.74, 6) is 6.36. The third kappa shape index (κ3) is 4.06. The van der Waals surface area contributed by atoms with Gasteiger partial charge in [0.1, 0.15) is 0 Å². The van der Waals surface area contributed by atoms with Crippen molar-refractivity contribution in [1.82, 2.24) is 10.3 Å². The normalized spacial score (nSPS) is 30.5. The van der Waals surface area contributed by atoms with Crippen LogP contribution in [0.1, 0.15) is 39.0 Å². The summed E-state index contributed by atoms with van der Waals surface area (Å²) >= 11 is 0. The van der Waals surface area contributed by atoms with E-state index in [2.05, 4.69) is 10.3 Å². The number of hydrogen-bond acceptors (Lipinski definition) is 4. The van der Waals surface area contributed by atoms with E-state index in [4.69, 9.17) is 15.6 Å². The van der Waals surface area contributed by atoms with Crippen LogP contribution in [0.25, 0.3) is 0 Å². The van der Waals surface area contributed by atoms with Gasteiger partial charge in [-0.2, -0.15) is 0 Å². The van der Waals surface area contributed by atoms with Gasteiger partial charge in [0.2, 0.25) is 5.96 Å². The van der Waals surface area contributed by atoms with Crippen molar-refractivity contribution < 1.29 is 9.84 Å². The lowest BCUT2D eigenvalue weighted by Crippen LogP contribution is -2.55. The number of aliphatic imine (C=N–C) groups is 1. The predicted molar refractivity (Wildman–Crippen MR) is 74.6 cm³/mol. The fourth-order valence-corrected chi connectivity index (χ4v) is 2.91. The maximum atomic E-state index is 9.26. The van der Waals surface area contributed by atoms with Gasteiger partial charge in [-0.15, -0.1) is 0 Å². The third-order valence-corrected chi connectivity index (χ3v) is 3.84. The van der Waals surface area contributed by atoms with Crippen molar-refractivity contribution in [3.63, 3.8) is 0 Å². The molecule has 0 bridgehead atoms. The Balaban J connectivity index is 2.00. The van der Waals surface area contributed by atoms with Gasteiger partial charge in [0.05, 0.1) is 24.9 Å². The molecule has 6 nitrogen and oxygen atoms in total. The van der Waals surface area contributed by atoms with Gasteiger partial charge in [-0.1, -0.05) is 19.3 Å². The Morgan fingerprint density at radius 3 is 2.74 bits per heavy atom. The summed E-state index contributed by atoms with van der Waals surface area (Å²) in [5.41, 5.74) is 2.72. The molecule has 2 rings (SSSR count). The standard InChI is InChI=1S/C13H26N4O2/c1-10-7-17(8-12(9-18)19-10)13(16-14)15-11-5-3-2-4-6-11/h10-12,18H,2-9,14H2,1H3,(H,15,16). The number of nitrogens with one attached hydrogen (secondary N) is 1. The lowest BCUT2D eigenvalue weighted by Gasteiger charge is -2.38. The monoisotopic (exact) mass is 270 g/mol. The van der Waals surface area contributed by atoms with Crippen molar-refractivity contribution in [1.29, 1.82) is 0 Å². The lowest BCUT2D eigenvalue weighted by molar-refractivity contribution is -0.0792. The van der Waals surface area contributed by atoms with E-state index in [9.17, 15) is 5.11 Å². The maximum Gasteiger partial charge on any atom is 0.208 e.